The number of nitrogens with one attached hydrogen (secondary N) is 1. The predicted octanol–water partition coefficient (Wildman–Crippen LogP) is -0.606. The number of imide groups is 1. The van der Waals surface area contributed by atoms with Crippen molar-refractivity contribution in [2.24, 2.45) is 0 Å². The fraction of sp³-hybridized carbons (Fsp3) is 0.667. The van der Waals surface area contributed by atoms with Gasteiger partial charge in [-0.1, -0.05) is 0 Å². The van der Waals surface area contributed by atoms with Gasteiger partial charge in [-0.25, -0.2) is 4.79 Å². The fourth-order valence-corrected chi connectivity index (χ4v) is 2.54. The van der Waals surface area contributed by atoms with Crippen LogP contribution in [0.15, 0.2) is 0 Å². The van der Waals surface area contributed by atoms with E-state index in [0.717, 1.165) is 11.3 Å². The molecule has 1 aliphatic carbocycles. The van der Waals surface area contributed by atoms with Crippen molar-refractivity contribution in [2.75, 3.05) is 20.1 Å². The first-order valence-electron chi connectivity index (χ1n) is 6.41. The van der Waals surface area contributed by atoms with Crippen molar-refractivity contribution in [3.63, 3.8) is 0 Å². The molecule has 8 nitrogen and oxygen atoms in total. The molecule has 0 aromatic heterocycles. The average Bonchev–Trinajstić information content (AvgIpc) is 2.52. The number of hydrogen-bond donors (Lipinski definition) is 2. The van der Waals surface area contributed by atoms with E-state index in [1.165, 1.54) is 11.9 Å². The zero-order valence-corrected chi connectivity index (χ0v) is 11.2. The molecule has 2 fully saturated rings. The molecule has 1 saturated heterocycles. The van der Waals surface area contributed by atoms with Gasteiger partial charge in [0.05, 0.1) is 12.0 Å². The minimum absolute atomic E-state index is 0.0353. The first-order valence-corrected chi connectivity index (χ1v) is 6.41. The molecule has 4 amide bonds. The van der Waals surface area contributed by atoms with Crippen LogP contribution in [0.1, 0.15) is 25.7 Å². The third kappa shape index (κ3) is 2.73. The lowest BCUT2D eigenvalue weighted by atomic mass is 9.74. The number of carbonyl (C=O) groups is 4. The third-order valence-electron chi connectivity index (χ3n) is 3.74. The molecule has 2 rings (SSSR count). The second-order valence-electron chi connectivity index (χ2n) is 5.37. The Labute approximate surface area is 115 Å². The summed E-state index contributed by atoms with van der Waals surface area (Å²) in [5, 5.41) is 11.5. The number of rotatable bonds is 5. The summed E-state index contributed by atoms with van der Waals surface area (Å²) in [5.41, 5.74) is -0.722. The van der Waals surface area contributed by atoms with Crippen molar-refractivity contribution < 1.29 is 24.3 Å². The molecule has 20 heavy (non-hydrogen) atoms. The Morgan fingerprint density at radius 1 is 1.35 bits per heavy atom. The Balaban J connectivity index is 1.94. The van der Waals surface area contributed by atoms with E-state index in [-0.39, 0.29) is 19.5 Å². The zero-order valence-electron chi connectivity index (χ0n) is 11.2. The summed E-state index contributed by atoms with van der Waals surface area (Å²) in [6.45, 7) is -0.393. The fourth-order valence-electron chi connectivity index (χ4n) is 2.54. The first-order chi connectivity index (χ1) is 9.33. The second-order valence-corrected chi connectivity index (χ2v) is 5.37. The van der Waals surface area contributed by atoms with Gasteiger partial charge >= 0.3 is 12.0 Å². The molecule has 0 spiro atoms. The quantitative estimate of drug-likeness (QED) is 0.655. The van der Waals surface area contributed by atoms with Gasteiger partial charge in [0, 0.05) is 7.05 Å². The van der Waals surface area contributed by atoms with Crippen LogP contribution in [0.25, 0.3) is 0 Å². The monoisotopic (exact) mass is 283 g/mol. The lowest BCUT2D eigenvalue weighted by molar-refractivity contribution is -0.141. The van der Waals surface area contributed by atoms with E-state index in [0.29, 0.717) is 12.8 Å². The van der Waals surface area contributed by atoms with Gasteiger partial charge in [-0.05, 0) is 19.3 Å². The van der Waals surface area contributed by atoms with Crippen molar-refractivity contribution in [3.8, 4) is 0 Å². The van der Waals surface area contributed by atoms with Gasteiger partial charge in [0.2, 0.25) is 5.91 Å². The zero-order chi connectivity index (χ0) is 14.9. The molecule has 0 bridgehead atoms. The minimum Gasteiger partial charge on any atom is -0.481 e. The first kappa shape index (κ1) is 14.3. The second kappa shape index (κ2) is 5.10. The highest BCUT2D eigenvalue weighted by molar-refractivity contribution is 6.04. The maximum Gasteiger partial charge on any atom is 0.327 e. The number of nitrogens with zero attached hydrogens (tertiary/aromatic N) is 2. The molecule has 0 atom stereocenters. The average molecular weight is 283 g/mol. The molecular formula is C12H17N3O5. The van der Waals surface area contributed by atoms with Gasteiger partial charge in [-0.3, -0.25) is 19.3 Å². The van der Waals surface area contributed by atoms with Crippen LogP contribution < -0.4 is 5.32 Å². The largest absolute Gasteiger partial charge is 0.481 e. The highest BCUT2D eigenvalue weighted by Crippen LogP contribution is 2.34. The van der Waals surface area contributed by atoms with E-state index in [1.54, 1.807) is 0 Å². The number of carbonyl (C=O) groups excluding carboxylic acids is 3. The maximum absolute atomic E-state index is 11.9. The van der Waals surface area contributed by atoms with Crippen LogP contribution in [0.4, 0.5) is 4.79 Å². The molecule has 2 aliphatic rings. The van der Waals surface area contributed by atoms with Gasteiger partial charge in [-0.15, -0.1) is 0 Å². The Bertz CT molecular complexity index is 472. The van der Waals surface area contributed by atoms with E-state index in [4.69, 9.17) is 5.11 Å². The molecule has 0 unspecified atom stereocenters. The normalized spacial score (nSPS) is 20.9. The predicted molar refractivity (Wildman–Crippen MR) is 66.7 cm³/mol. The van der Waals surface area contributed by atoms with Crippen molar-refractivity contribution in [1.29, 1.82) is 0 Å². The lowest BCUT2D eigenvalue weighted by Gasteiger charge is -2.41. The molecule has 110 valence electrons. The molecule has 1 heterocycles. The van der Waals surface area contributed by atoms with Crippen LogP contribution in [0, 0.1) is 0 Å². The van der Waals surface area contributed by atoms with Crippen LogP contribution in [0.3, 0.4) is 0 Å². The van der Waals surface area contributed by atoms with E-state index < -0.39 is 29.4 Å². The number of amides is 4. The molecule has 2 N–H and O–H groups in total. The van der Waals surface area contributed by atoms with Crippen molar-refractivity contribution in [1.82, 2.24) is 15.1 Å². The van der Waals surface area contributed by atoms with Gasteiger partial charge in [0.1, 0.15) is 13.1 Å². The van der Waals surface area contributed by atoms with E-state index in [1.807, 2.05) is 0 Å². The van der Waals surface area contributed by atoms with Crippen molar-refractivity contribution in [2.45, 2.75) is 31.2 Å². The topological polar surface area (TPSA) is 107 Å². The van der Waals surface area contributed by atoms with Gasteiger partial charge in [-0.2, -0.15) is 0 Å². The minimum atomic E-state index is -0.974. The molecule has 0 aromatic carbocycles. The Morgan fingerprint density at radius 3 is 2.40 bits per heavy atom. The summed E-state index contributed by atoms with van der Waals surface area (Å²) in [7, 11) is 1.48. The van der Waals surface area contributed by atoms with Gasteiger partial charge < -0.3 is 15.3 Å². The van der Waals surface area contributed by atoms with E-state index >= 15 is 0 Å². The van der Waals surface area contributed by atoms with Crippen LogP contribution in [-0.4, -0.2) is 64.4 Å². The summed E-state index contributed by atoms with van der Waals surface area (Å²) in [4.78, 5) is 48.0. The number of urea groups is 1. The van der Waals surface area contributed by atoms with Crippen molar-refractivity contribution in [3.05, 3.63) is 0 Å². The third-order valence-corrected chi connectivity index (χ3v) is 3.74. The Kier molecular flexibility index (Phi) is 3.65. The SMILES string of the molecule is CN1CC(=O)N(CC(=O)NC2(CC(=O)O)CCC2)C1=O. The molecular weight excluding hydrogens is 266 g/mol. The van der Waals surface area contributed by atoms with Gasteiger partial charge in [0.15, 0.2) is 0 Å². The van der Waals surface area contributed by atoms with Gasteiger partial charge in [0.25, 0.3) is 5.91 Å². The van der Waals surface area contributed by atoms with Crippen LogP contribution in [0.5, 0.6) is 0 Å². The van der Waals surface area contributed by atoms with E-state index in [9.17, 15) is 19.2 Å². The maximum atomic E-state index is 11.9. The standard InChI is InChI=1S/C12H17N3O5/c1-14-7-9(17)15(11(14)20)6-8(16)13-12(3-2-4-12)5-10(18)19/h2-7H2,1H3,(H,13,16)(H,18,19). The highest BCUT2D eigenvalue weighted by Gasteiger charge is 2.42. The summed E-state index contributed by atoms with van der Waals surface area (Å²) in [6, 6.07) is -0.508. The molecule has 8 heteroatoms. The summed E-state index contributed by atoms with van der Waals surface area (Å²) >= 11 is 0. The summed E-state index contributed by atoms with van der Waals surface area (Å²) in [5.74, 6) is -1.89. The Hall–Kier alpha value is -2.12. The van der Waals surface area contributed by atoms with Crippen LogP contribution in [-0.2, 0) is 14.4 Å². The van der Waals surface area contributed by atoms with Crippen molar-refractivity contribution >= 4 is 23.8 Å². The van der Waals surface area contributed by atoms with Crippen LogP contribution >= 0.6 is 0 Å². The summed E-state index contributed by atoms with van der Waals surface area (Å²) in [6.07, 6.45) is 1.93. The molecule has 0 aromatic rings. The Morgan fingerprint density at radius 2 is 2.00 bits per heavy atom. The smallest absolute Gasteiger partial charge is 0.327 e. The highest BCUT2D eigenvalue weighted by atomic mass is 16.4. The number of aliphatic carboxylic acids is 1. The number of carboxylic acid groups (broad SMARTS) is 1. The number of hydrogen-bond acceptors (Lipinski definition) is 4. The van der Waals surface area contributed by atoms with E-state index in [2.05, 4.69) is 5.32 Å². The summed E-state index contributed by atoms with van der Waals surface area (Å²) < 4.78 is 0. The molecule has 1 aliphatic heterocycles. The molecule has 0 radical (unpaired) electrons. The molecule has 1 saturated carbocycles. The number of carboxylic acids is 1. The number of likely N-dealkylation sites (N-methyl/N-ethyl adjacent to an activating group) is 1. The lowest BCUT2D eigenvalue weighted by Crippen LogP contribution is -2.57. The van der Waals surface area contributed by atoms with Crippen LogP contribution in [0.2, 0.25) is 0 Å².